The maximum absolute atomic E-state index is 11.8. The third-order valence-corrected chi connectivity index (χ3v) is 3.96. The van der Waals surface area contributed by atoms with Gasteiger partial charge in [-0.05, 0) is 49.2 Å². The van der Waals surface area contributed by atoms with Crippen molar-refractivity contribution in [3.8, 4) is 17.2 Å². The standard InChI is InChI=1S/C19H20ClNO5/c1-25-13-8-10-14(11-9-13)26-17-5-2-4-16(20)15(17)12-21-18(22)6-3-7-19(23)24/h2,4-5,8-11H,3,6-7,12H2,1H3,(H,21,22)(H,23,24)/p-1. The summed E-state index contributed by atoms with van der Waals surface area (Å²) < 4.78 is 11.0. The molecule has 2 rings (SSSR count). The first-order valence-corrected chi connectivity index (χ1v) is 8.43. The number of ether oxygens (including phenoxy) is 2. The van der Waals surface area contributed by atoms with Crippen molar-refractivity contribution in [2.75, 3.05) is 7.11 Å². The van der Waals surface area contributed by atoms with Crippen molar-refractivity contribution in [2.24, 2.45) is 0 Å². The molecule has 2 aromatic rings. The normalized spacial score (nSPS) is 10.2. The zero-order chi connectivity index (χ0) is 18.9. The first-order chi connectivity index (χ1) is 12.5. The molecule has 0 saturated heterocycles. The molecule has 0 spiro atoms. The Morgan fingerprint density at radius 2 is 1.77 bits per heavy atom. The maximum atomic E-state index is 11.8. The largest absolute Gasteiger partial charge is 0.550 e. The van der Waals surface area contributed by atoms with E-state index < -0.39 is 5.97 Å². The lowest BCUT2D eigenvalue weighted by Gasteiger charge is -2.14. The molecule has 0 saturated carbocycles. The van der Waals surface area contributed by atoms with Crippen molar-refractivity contribution in [1.82, 2.24) is 5.32 Å². The molecular weight excluding hydrogens is 358 g/mol. The molecule has 0 aliphatic rings. The van der Waals surface area contributed by atoms with Crippen LogP contribution in [0.2, 0.25) is 5.02 Å². The summed E-state index contributed by atoms with van der Waals surface area (Å²) in [5, 5.41) is 13.6. The van der Waals surface area contributed by atoms with E-state index in [4.69, 9.17) is 21.1 Å². The molecule has 2 aromatic carbocycles. The van der Waals surface area contributed by atoms with Gasteiger partial charge in [0.25, 0.3) is 0 Å². The molecule has 6 nitrogen and oxygen atoms in total. The van der Waals surface area contributed by atoms with E-state index in [1.165, 1.54) is 0 Å². The number of methoxy groups -OCH3 is 1. The van der Waals surface area contributed by atoms with Crippen LogP contribution in [0.3, 0.4) is 0 Å². The number of amides is 1. The van der Waals surface area contributed by atoms with E-state index in [0.717, 1.165) is 0 Å². The van der Waals surface area contributed by atoms with Gasteiger partial charge in [-0.3, -0.25) is 4.79 Å². The van der Waals surface area contributed by atoms with Crippen LogP contribution >= 0.6 is 11.6 Å². The number of halogens is 1. The lowest BCUT2D eigenvalue weighted by molar-refractivity contribution is -0.305. The molecule has 1 amide bonds. The van der Waals surface area contributed by atoms with Gasteiger partial charge in [0, 0.05) is 29.5 Å². The summed E-state index contributed by atoms with van der Waals surface area (Å²) in [4.78, 5) is 22.2. The van der Waals surface area contributed by atoms with Crippen LogP contribution in [-0.4, -0.2) is 19.0 Å². The fourth-order valence-corrected chi connectivity index (χ4v) is 2.48. The predicted molar refractivity (Wildman–Crippen MR) is 95.2 cm³/mol. The second-order valence-corrected chi connectivity index (χ2v) is 5.90. The van der Waals surface area contributed by atoms with Gasteiger partial charge < -0.3 is 24.7 Å². The Hall–Kier alpha value is -2.73. The van der Waals surface area contributed by atoms with Gasteiger partial charge in [-0.15, -0.1) is 0 Å². The van der Waals surface area contributed by atoms with Gasteiger partial charge in [0.1, 0.15) is 17.2 Å². The summed E-state index contributed by atoms with van der Waals surface area (Å²) in [6.07, 6.45) is 0.185. The number of nitrogens with one attached hydrogen (secondary N) is 1. The molecule has 0 aromatic heterocycles. The minimum absolute atomic E-state index is 0.104. The summed E-state index contributed by atoms with van der Waals surface area (Å²) in [5.74, 6) is 0.417. The van der Waals surface area contributed by atoms with Gasteiger partial charge in [-0.25, -0.2) is 0 Å². The first-order valence-electron chi connectivity index (χ1n) is 8.05. The van der Waals surface area contributed by atoms with Crippen LogP contribution < -0.4 is 19.9 Å². The fraction of sp³-hybridized carbons (Fsp3) is 0.263. The molecule has 1 N–H and O–H groups in total. The summed E-state index contributed by atoms with van der Waals surface area (Å²) in [6, 6.07) is 12.3. The van der Waals surface area contributed by atoms with Crippen LogP contribution in [0.4, 0.5) is 0 Å². The first kappa shape index (κ1) is 19.6. The maximum Gasteiger partial charge on any atom is 0.220 e. The van der Waals surface area contributed by atoms with Crippen molar-refractivity contribution < 1.29 is 24.2 Å². The molecule has 0 unspecified atom stereocenters. The Labute approximate surface area is 156 Å². The van der Waals surface area contributed by atoms with E-state index in [9.17, 15) is 14.7 Å². The molecule has 0 bridgehead atoms. The number of benzene rings is 2. The van der Waals surface area contributed by atoms with E-state index in [2.05, 4.69) is 5.32 Å². The number of aliphatic carboxylic acids is 1. The zero-order valence-electron chi connectivity index (χ0n) is 14.3. The molecule has 7 heteroatoms. The Bertz CT molecular complexity index is 761. The van der Waals surface area contributed by atoms with Crippen molar-refractivity contribution in [3.05, 3.63) is 53.1 Å². The SMILES string of the molecule is COc1ccc(Oc2cccc(Cl)c2CNC(=O)CCCC(=O)[O-])cc1. The molecule has 0 radical (unpaired) electrons. The number of carboxylic acid groups (broad SMARTS) is 1. The Morgan fingerprint density at radius 1 is 1.08 bits per heavy atom. The number of carbonyl (C=O) groups excluding carboxylic acids is 2. The fourth-order valence-electron chi connectivity index (χ4n) is 2.25. The van der Waals surface area contributed by atoms with E-state index in [0.29, 0.717) is 27.8 Å². The van der Waals surface area contributed by atoms with Gasteiger partial charge in [0.2, 0.25) is 5.91 Å². The highest BCUT2D eigenvalue weighted by Gasteiger charge is 2.11. The average Bonchev–Trinajstić information content (AvgIpc) is 2.61. The van der Waals surface area contributed by atoms with Crippen LogP contribution in [0.25, 0.3) is 0 Å². The van der Waals surface area contributed by atoms with Crippen molar-refractivity contribution in [1.29, 1.82) is 0 Å². The molecule has 138 valence electrons. The molecule has 0 atom stereocenters. The number of hydrogen-bond acceptors (Lipinski definition) is 5. The van der Waals surface area contributed by atoms with Crippen molar-refractivity contribution >= 4 is 23.5 Å². The Morgan fingerprint density at radius 3 is 2.42 bits per heavy atom. The number of carboxylic acids is 1. The highest BCUT2D eigenvalue weighted by atomic mass is 35.5. The highest BCUT2D eigenvalue weighted by Crippen LogP contribution is 2.31. The topological polar surface area (TPSA) is 87.7 Å². The van der Waals surface area contributed by atoms with Gasteiger partial charge in [0.15, 0.2) is 0 Å². The van der Waals surface area contributed by atoms with Crippen LogP contribution in [-0.2, 0) is 16.1 Å². The van der Waals surface area contributed by atoms with Crippen molar-refractivity contribution in [3.63, 3.8) is 0 Å². The quantitative estimate of drug-likeness (QED) is 0.727. The molecular formula is C19H19ClNO5-. The number of rotatable bonds is 9. The van der Waals surface area contributed by atoms with Crippen LogP contribution in [0, 0.1) is 0 Å². The Balaban J connectivity index is 2.01. The van der Waals surface area contributed by atoms with Crippen LogP contribution in [0.5, 0.6) is 17.2 Å². The lowest BCUT2D eigenvalue weighted by atomic mass is 10.2. The van der Waals surface area contributed by atoms with E-state index in [-0.39, 0.29) is 31.7 Å². The van der Waals surface area contributed by atoms with Crippen molar-refractivity contribution in [2.45, 2.75) is 25.8 Å². The van der Waals surface area contributed by atoms with E-state index >= 15 is 0 Å². The van der Waals surface area contributed by atoms with Gasteiger partial charge in [0.05, 0.1) is 7.11 Å². The molecule has 0 aliphatic heterocycles. The third-order valence-electron chi connectivity index (χ3n) is 3.61. The minimum atomic E-state index is -1.17. The molecule has 0 fully saturated rings. The van der Waals surface area contributed by atoms with Gasteiger partial charge in [-0.2, -0.15) is 0 Å². The smallest absolute Gasteiger partial charge is 0.220 e. The summed E-state index contributed by atoms with van der Waals surface area (Å²) in [6.45, 7) is 0.176. The average molecular weight is 377 g/mol. The van der Waals surface area contributed by atoms with Crippen LogP contribution in [0.1, 0.15) is 24.8 Å². The summed E-state index contributed by atoms with van der Waals surface area (Å²) in [5.41, 5.74) is 0.637. The third kappa shape index (κ3) is 5.97. The van der Waals surface area contributed by atoms with Gasteiger partial charge in [-0.1, -0.05) is 17.7 Å². The van der Waals surface area contributed by atoms with Crippen LogP contribution in [0.15, 0.2) is 42.5 Å². The number of hydrogen-bond donors (Lipinski definition) is 1. The number of carbonyl (C=O) groups is 2. The summed E-state index contributed by atoms with van der Waals surface area (Å²) in [7, 11) is 1.58. The molecule has 0 aliphatic carbocycles. The predicted octanol–water partition coefficient (Wildman–Crippen LogP) is 2.68. The lowest BCUT2D eigenvalue weighted by Crippen LogP contribution is -2.25. The van der Waals surface area contributed by atoms with E-state index in [1.54, 1.807) is 49.6 Å². The second kappa shape index (κ2) is 9.68. The summed E-state index contributed by atoms with van der Waals surface area (Å²) >= 11 is 6.24. The highest BCUT2D eigenvalue weighted by molar-refractivity contribution is 6.31. The monoisotopic (exact) mass is 376 g/mol. The molecule has 0 heterocycles. The second-order valence-electron chi connectivity index (χ2n) is 5.50. The molecule has 26 heavy (non-hydrogen) atoms. The Kier molecular flexibility index (Phi) is 7.29. The van der Waals surface area contributed by atoms with E-state index in [1.807, 2.05) is 0 Å². The zero-order valence-corrected chi connectivity index (χ0v) is 15.0. The minimum Gasteiger partial charge on any atom is -0.550 e. The van der Waals surface area contributed by atoms with Gasteiger partial charge >= 0.3 is 0 Å².